The molecule has 0 radical (unpaired) electrons. The van der Waals surface area contributed by atoms with Crippen LogP contribution in [0.1, 0.15) is 42.9 Å². The summed E-state index contributed by atoms with van der Waals surface area (Å²) in [4.78, 5) is 37.5. The number of carbonyl (C=O) groups excluding carboxylic acids is 2. The number of anilines is 1. The number of fused-ring (bicyclic) bond motifs is 2. The van der Waals surface area contributed by atoms with Gasteiger partial charge in [-0.05, 0) is 36.6 Å². The largest absolute Gasteiger partial charge is 0.482 e. The lowest BCUT2D eigenvalue weighted by atomic mass is 10.1. The Kier molecular flexibility index (Phi) is 5.46. The predicted molar refractivity (Wildman–Crippen MR) is 117 cm³/mol. The number of aromatic nitrogens is 2. The first kappa shape index (κ1) is 20.6. The fourth-order valence-electron chi connectivity index (χ4n) is 3.59. The van der Waals surface area contributed by atoms with Crippen molar-refractivity contribution in [2.45, 2.75) is 33.4 Å². The van der Waals surface area contributed by atoms with Gasteiger partial charge in [0.15, 0.2) is 12.3 Å². The molecule has 1 aromatic heterocycles. The lowest BCUT2D eigenvalue weighted by Crippen LogP contribution is -2.33. The summed E-state index contributed by atoms with van der Waals surface area (Å²) in [7, 11) is 0. The summed E-state index contributed by atoms with van der Waals surface area (Å²) in [6.45, 7) is 6.23. The van der Waals surface area contributed by atoms with E-state index in [1.807, 2.05) is 26.8 Å². The van der Waals surface area contributed by atoms with Gasteiger partial charge >= 0.3 is 0 Å². The standard InChI is InChI=1S/C23H24N4O4/c1-13(2)11-27-23(30)17-7-5-4-6-16(17)21(26-27)22(29)24-14(3)15-8-9-19-18(10-15)25-20(28)12-31-19/h4-10,13-14H,11-12H2,1-3H3,(H,24,29)(H,25,28). The number of hydrogen-bond acceptors (Lipinski definition) is 5. The van der Waals surface area contributed by atoms with Crippen LogP contribution in [0.4, 0.5) is 5.69 Å². The van der Waals surface area contributed by atoms with E-state index in [1.165, 1.54) is 4.68 Å². The third-order valence-corrected chi connectivity index (χ3v) is 5.10. The maximum atomic E-state index is 13.1. The maximum Gasteiger partial charge on any atom is 0.274 e. The topological polar surface area (TPSA) is 102 Å². The Morgan fingerprint density at radius 2 is 1.90 bits per heavy atom. The Labute approximate surface area is 179 Å². The average Bonchev–Trinajstić information content (AvgIpc) is 2.74. The van der Waals surface area contributed by atoms with Crippen molar-refractivity contribution in [3.8, 4) is 5.75 Å². The van der Waals surface area contributed by atoms with E-state index < -0.39 is 0 Å². The second-order valence-electron chi connectivity index (χ2n) is 8.06. The maximum absolute atomic E-state index is 13.1. The molecule has 0 bridgehead atoms. The zero-order chi connectivity index (χ0) is 22.1. The van der Waals surface area contributed by atoms with Crippen LogP contribution < -0.4 is 20.9 Å². The molecule has 0 spiro atoms. The molecule has 31 heavy (non-hydrogen) atoms. The van der Waals surface area contributed by atoms with Crippen LogP contribution in [0.2, 0.25) is 0 Å². The molecule has 0 saturated carbocycles. The van der Waals surface area contributed by atoms with Crippen molar-refractivity contribution in [2.75, 3.05) is 11.9 Å². The summed E-state index contributed by atoms with van der Waals surface area (Å²) in [5.74, 6) is 0.202. The first-order valence-corrected chi connectivity index (χ1v) is 10.2. The summed E-state index contributed by atoms with van der Waals surface area (Å²) in [6, 6.07) is 12.0. The van der Waals surface area contributed by atoms with Crippen molar-refractivity contribution in [2.24, 2.45) is 5.92 Å². The van der Waals surface area contributed by atoms with Gasteiger partial charge < -0.3 is 15.4 Å². The van der Waals surface area contributed by atoms with E-state index in [0.717, 1.165) is 5.56 Å². The van der Waals surface area contributed by atoms with Gasteiger partial charge in [-0.2, -0.15) is 5.10 Å². The number of benzene rings is 2. The lowest BCUT2D eigenvalue weighted by molar-refractivity contribution is -0.118. The molecule has 1 aliphatic heterocycles. The molecule has 1 atom stereocenters. The van der Waals surface area contributed by atoms with Crippen LogP contribution >= 0.6 is 0 Å². The molecular weight excluding hydrogens is 396 g/mol. The van der Waals surface area contributed by atoms with Crippen molar-refractivity contribution >= 4 is 28.3 Å². The van der Waals surface area contributed by atoms with Gasteiger partial charge in [-0.3, -0.25) is 14.4 Å². The molecule has 1 unspecified atom stereocenters. The van der Waals surface area contributed by atoms with Crippen molar-refractivity contribution in [1.29, 1.82) is 0 Å². The molecule has 160 valence electrons. The first-order valence-electron chi connectivity index (χ1n) is 10.2. The number of carbonyl (C=O) groups is 2. The Morgan fingerprint density at radius 3 is 2.65 bits per heavy atom. The number of amides is 2. The van der Waals surface area contributed by atoms with E-state index in [-0.39, 0.29) is 41.6 Å². The fourth-order valence-corrected chi connectivity index (χ4v) is 3.59. The van der Waals surface area contributed by atoms with Crippen LogP contribution in [0.15, 0.2) is 47.3 Å². The normalized spacial score (nSPS) is 14.0. The van der Waals surface area contributed by atoms with E-state index in [1.54, 1.807) is 36.4 Å². The second-order valence-corrected chi connectivity index (χ2v) is 8.06. The van der Waals surface area contributed by atoms with Crippen LogP contribution in [0, 0.1) is 5.92 Å². The average molecular weight is 420 g/mol. The molecule has 2 aromatic carbocycles. The molecular formula is C23H24N4O4. The van der Waals surface area contributed by atoms with Gasteiger partial charge in [0.05, 0.1) is 17.1 Å². The first-order chi connectivity index (χ1) is 14.8. The van der Waals surface area contributed by atoms with Crippen LogP contribution in [0.3, 0.4) is 0 Å². The smallest absolute Gasteiger partial charge is 0.274 e. The number of nitrogens with one attached hydrogen (secondary N) is 2. The molecule has 2 heterocycles. The van der Waals surface area contributed by atoms with E-state index in [2.05, 4.69) is 15.7 Å². The van der Waals surface area contributed by atoms with Crippen molar-refractivity contribution < 1.29 is 14.3 Å². The van der Waals surface area contributed by atoms with Gasteiger partial charge in [0.2, 0.25) is 0 Å². The SMILES string of the molecule is CC(C)Cn1nc(C(=O)NC(C)c2ccc3c(c2)NC(=O)CO3)c2ccccc2c1=O. The molecule has 2 amide bonds. The van der Waals surface area contributed by atoms with Gasteiger partial charge in [0, 0.05) is 11.9 Å². The third-order valence-electron chi connectivity index (χ3n) is 5.10. The molecule has 3 aromatic rings. The van der Waals surface area contributed by atoms with Crippen molar-refractivity contribution in [1.82, 2.24) is 15.1 Å². The predicted octanol–water partition coefficient (Wildman–Crippen LogP) is 2.87. The highest BCUT2D eigenvalue weighted by atomic mass is 16.5. The number of ether oxygens (including phenoxy) is 1. The lowest BCUT2D eigenvalue weighted by Gasteiger charge is -2.21. The second kappa shape index (κ2) is 8.22. The Balaban J connectivity index is 1.65. The summed E-state index contributed by atoms with van der Waals surface area (Å²) in [5, 5.41) is 11.1. The van der Waals surface area contributed by atoms with Crippen LogP contribution in [0.5, 0.6) is 5.75 Å². The number of hydrogen-bond donors (Lipinski definition) is 2. The van der Waals surface area contributed by atoms with Gasteiger partial charge in [-0.15, -0.1) is 0 Å². The van der Waals surface area contributed by atoms with E-state index >= 15 is 0 Å². The summed E-state index contributed by atoms with van der Waals surface area (Å²) >= 11 is 0. The Hall–Kier alpha value is -3.68. The van der Waals surface area contributed by atoms with Crippen LogP contribution in [0.25, 0.3) is 10.8 Å². The highest BCUT2D eigenvalue weighted by molar-refractivity contribution is 6.05. The monoisotopic (exact) mass is 420 g/mol. The zero-order valence-electron chi connectivity index (χ0n) is 17.6. The molecule has 2 N–H and O–H groups in total. The number of rotatable bonds is 5. The Morgan fingerprint density at radius 1 is 1.16 bits per heavy atom. The van der Waals surface area contributed by atoms with E-state index in [4.69, 9.17) is 4.74 Å². The van der Waals surface area contributed by atoms with Crippen molar-refractivity contribution in [3.05, 3.63) is 64.1 Å². The minimum atomic E-state index is -0.376. The van der Waals surface area contributed by atoms with E-state index in [0.29, 0.717) is 28.8 Å². The molecule has 0 aliphatic carbocycles. The number of nitrogens with zero attached hydrogens (tertiary/aromatic N) is 2. The molecule has 1 aliphatic rings. The van der Waals surface area contributed by atoms with Crippen LogP contribution in [-0.4, -0.2) is 28.2 Å². The third kappa shape index (κ3) is 4.14. The quantitative estimate of drug-likeness (QED) is 0.661. The van der Waals surface area contributed by atoms with Gasteiger partial charge in [0.1, 0.15) is 5.75 Å². The zero-order valence-corrected chi connectivity index (χ0v) is 17.6. The summed E-state index contributed by atoms with van der Waals surface area (Å²) < 4.78 is 6.74. The molecule has 8 nitrogen and oxygen atoms in total. The fraction of sp³-hybridized carbons (Fsp3) is 0.304. The van der Waals surface area contributed by atoms with Gasteiger partial charge in [-0.1, -0.05) is 38.1 Å². The molecule has 4 rings (SSSR count). The molecule has 0 fully saturated rings. The minimum Gasteiger partial charge on any atom is -0.482 e. The highest BCUT2D eigenvalue weighted by Gasteiger charge is 2.21. The highest BCUT2D eigenvalue weighted by Crippen LogP contribution is 2.30. The van der Waals surface area contributed by atoms with Gasteiger partial charge in [0.25, 0.3) is 17.4 Å². The molecule has 0 saturated heterocycles. The van der Waals surface area contributed by atoms with E-state index in [9.17, 15) is 14.4 Å². The summed E-state index contributed by atoms with van der Waals surface area (Å²) in [5.41, 5.74) is 1.37. The van der Waals surface area contributed by atoms with Gasteiger partial charge in [-0.25, -0.2) is 4.68 Å². The molecule has 8 heteroatoms. The summed E-state index contributed by atoms with van der Waals surface area (Å²) in [6.07, 6.45) is 0. The van der Waals surface area contributed by atoms with Crippen LogP contribution in [-0.2, 0) is 11.3 Å². The Bertz CT molecular complexity index is 1230. The minimum absolute atomic E-state index is 0.0104. The van der Waals surface area contributed by atoms with Crippen molar-refractivity contribution in [3.63, 3.8) is 0 Å².